The summed E-state index contributed by atoms with van der Waals surface area (Å²) in [7, 11) is 0. The summed E-state index contributed by atoms with van der Waals surface area (Å²) in [5.41, 5.74) is 0.412. The maximum atomic E-state index is 12.6. The van der Waals surface area contributed by atoms with E-state index in [1.165, 1.54) is 0 Å². The van der Waals surface area contributed by atoms with E-state index < -0.39 is 0 Å². The first kappa shape index (κ1) is 17.1. The van der Waals surface area contributed by atoms with Crippen LogP contribution in [0.25, 0.3) is 0 Å². The van der Waals surface area contributed by atoms with Gasteiger partial charge in [-0.2, -0.15) is 0 Å². The molecule has 3 heterocycles. The van der Waals surface area contributed by atoms with Gasteiger partial charge >= 0.3 is 0 Å². The first-order valence-electron chi connectivity index (χ1n) is 9.12. The highest BCUT2D eigenvalue weighted by Gasteiger charge is 2.37. The lowest BCUT2D eigenvalue weighted by Gasteiger charge is -2.35. The van der Waals surface area contributed by atoms with E-state index in [1.54, 1.807) is 35.9 Å². The minimum Gasteiger partial charge on any atom is -0.342 e. The van der Waals surface area contributed by atoms with Crippen LogP contribution < -0.4 is 5.32 Å². The van der Waals surface area contributed by atoms with Crippen molar-refractivity contribution in [1.29, 1.82) is 0 Å². The van der Waals surface area contributed by atoms with E-state index in [9.17, 15) is 9.59 Å². The number of amides is 2. The van der Waals surface area contributed by atoms with Gasteiger partial charge in [-0.3, -0.25) is 14.6 Å². The van der Waals surface area contributed by atoms with Crippen molar-refractivity contribution in [2.45, 2.75) is 31.7 Å². The second-order valence-corrected chi connectivity index (χ2v) is 7.90. The zero-order valence-corrected chi connectivity index (χ0v) is 15.3. The van der Waals surface area contributed by atoms with E-state index in [4.69, 9.17) is 0 Å². The second-order valence-electron chi connectivity index (χ2n) is 6.97. The zero-order chi connectivity index (χ0) is 17.9. The van der Waals surface area contributed by atoms with Gasteiger partial charge < -0.3 is 10.2 Å². The van der Waals surface area contributed by atoms with Crippen LogP contribution in [0.5, 0.6) is 0 Å². The smallest absolute Gasteiger partial charge is 0.270 e. The molecular formula is C19H22N4O2S. The Hall–Kier alpha value is -2.28. The molecule has 0 unspecified atom stereocenters. The van der Waals surface area contributed by atoms with E-state index in [0.29, 0.717) is 11.6 Å². The molecule has 2 aromatic rings. The molecule has 136 valence electrons. The van der Waals surface area contributed by atoms with Gasteiger partial charge in [0.2, 0.25) is 5.91 Å². The van der Waals surface area contributed by atoms with Crippen LogP contribution >= 0.6 is 11.3 Å². The topological polar surface area (TPSA) is 75.2 Å². The number of pyridine rings is 1. The molecule has 1 atom stereocenters. The number of thiazole rings is 1. The predicted octanol–water partition coefficient (Wildman–Crippen LogP) is 2.66. The number of carbonyl (C=O) groups is 2. The highest BCUT2D eigenvalue weighted by molar-refractivity contribution is 7.09. The predicted molar refractivity (Wildman–Crippen MR) is 98.6 cm³/mol. The maximum Gasteiger partial charge on any atom is 0.270 e. The lowest BCUT2D eigenvalue weighted by Crippen LogP contribution is -2.43. The molecule has 2 fully saturated rings. The van der Waals surface area contributed by atoms with Crippen molar-refractivity contribution in [2.75, 3.05) is 13.1 Å². The van der Waals surface area contributed by atoms with Crippen molar-refractivity contribution in [3.8, 4) is 0 Å². The largest absolute Gasteiger partial charge is 0.342 e. The Morgan fingerprint density at radius 2 is 1.92 bits per heavy atom. The summed E-state index contributed by atoms with van der Waals surface area (Å²) in [6.45, 7) is 1.53. The number of hydrogen-bond acceptors (Lipinski definition) is 5. The summed E-state index contributed by atoms with van der Waals surface area (Å²) < 4.78 is 0. The summed E-state index contributed by atoms with van der Waals surface area (Å²) in [5.74, 6) is 0.677. The fourth-order valence-corrected chi connectivity index (χ4v) is 4.30. The molecule has 0 bridgehead atoms. The number of aromatic nitrogens is 2. The number of carbonyl (C=O) groups excluding carboxylic acids is 2. The van der Waals surface area contributed by atoms with Gasteiger partial charge in [0.25, 0.3) is 5.91 Å². The fraction of sp³-hybridized carbons (Fsp3) is 0.474. The number of nitrogens with one attached hydrogen (secondary N) is 1. The van der Waals surface area contributed by atoms with Crippen molar-refractivity contribution in [3.05, 3.63) is 46.7 Å². The molecule has 1 N–H and O–H groups in total. The van der Waals surface area contributed by atoms with Crippen LogP contribution in [0, 0.1) is 11.8 Å². The molecule has 7 heteroatoms. The summed E-state index contributed by atoms with van der Waals surface area (Å²) in [5, 5.41) is 5.98. The highest BCUT2D eigenvalue weighted by atomic mass is 32.1. The molecule has 4 rings (SSSR count). The molecule has 2 amide bonds. The zero-order valence-electron chi connectivity index (χ0n) is 14.5. The van der Waals surface area contributed by atoms with Crippen LogP contribution in [0.1, 0.15) is 47.2 Å². The van der Waals surface area contributed by atoms with E-state index in [2.05, 4.69) is 15.3 Å². The van der Waals surface area contributed by atoms with Crippen molar-refractivity contribution >= 4 is 23.2 Å². The minimum absolute atomic E-state index is 0.136. The Bertz CT molecular complexity index is 753. The molecule has 2 aliphatic rings. The summed E-state index contributed by atoms with van der Waals surface area (Å²) in [6.07, 6.45) is 7.23. The van der Waals surface area contributed by atoms with Crippen molar-refractivity contribution < 1.29 is 9.59 Å². The molecule has 1 aliphatic carbocycles. The maximum absolute atomic E-state index is 12.6. The molecular weight excluding hydrogens is 348 g/mol. The number of rotatable bonds is 5. The monoisotopic (exact) mass is 370 g/mol. The van der Waals surface area contributed by atoms with E-state index in [-0.39, 0.29) is 23.8 Å². The Labute approximate surface area is 156 Å². The average molecular weight is 370 g/mol. The number of likely N-dealkylation sites (tertiary alicyclic amines) is 1. The average Bonchev–Trinajstić information content (AvgIpc) is 3.41. The second kappa shape index (κ2) is 7.53. The Balaban J connectivity index is 1.44. The molecule has 2 aromatic heterocycles. The number of nitrogens with zero attached hydrogens (tertiary/aromatic N) is 3. The van der Waals surface area contributed by atoms with Gasteiger partial charge in [0.15, 0.2) is 0 Å². The van der Waals surface area contributed by atoms with Crippen LogP contribution in [-0.4, -0.2) is 39.8 Å². The SMILES string of the molecule is O=C(N[C@@H](c1nccs1)C1CCN(C(=O)C2CC2)CC1)c1ccccn1. The van der Waals surface area contributed by atoms with Crippen molar-refractivity contribution in [2.24, 2.45) is 11.8 Å². The van der Waals surface area contributed by atoms with Gasteiger partial charge in [-0.1, -0.05) is 6.07 Å². The third-order valence-electron chi connectivity index (χ3n) is 5.15. The van der Waals surface area contributed by atoms with Gasteiger partial charge in [0.05, 0.1) is 6.04 Å². The first-order valence-corrected chi connectivity index (χ1v) is 10.0. The molecule has 1 saturated heterocycles. The molecule has 6 nitrogen and oxygen atoms in total. The van der Waals surface area contributed by atoms with Gasteiger partial charge in [0.1, 0.15) is 10.7 Å². The quantitative estimate of drug-likeness (QED) is 0.878. The molecule has 0 spiro atoms. The number of hydrogen-bond donors (Lipinski definition) is 1. The van der Waals surface area contributed by atoms with Crippen LogP contribution in [0.15, 0.2) is 36.0 Å². The minimum atomic E-state index is -0.178. The highest BCUT2D eigenvalue weighted by Crippen LogP contribution is 2.35. The van der Waals surface area contributed by atoms with Crippen molar-refractivity contribution in [3.63, 3.8) is 0 Å². The molecule has 0 radical (unpaired) electrons. The van der Waals surface area contributed by atoms with Gasteiger partial charge in [-0.25, -0.2) is 4.98 Å². The van der Waals surface area contributed by atoms with Crippen LogP contribution in [0.3, 0.4) is 0 Å². The van der Waals surface area contributed by atoms with Gasteiger partial charge in [0, 0.05) is 36.8 Å². The number of piperidine rings is 1. The Kier molecular flexibility index (Phi) is 4.97. The Morgan fingerprint density at radius 3 is 2.54 bits per heavy atom. The van der Waals surface area contributed by atoms with Crippen LogP contribution in [0.2, 0.25) is 0 Å². The lowest BCUT2D eigenvalue weighted by molar-refractivity contribution is -0.134. The summed E-state index contributed by atoms with van der Waals surface area (Å²) in [6, 6.07) is 5.18. The third kappa shape index (κ3) is 3.77. The first-order chi connectivity index (χ1) is 12.7. The Morgan fingerprint density at radius 1 is 1.12 bits per heavy atom. The summed E-state index contributed by atoms with van der Waals surface area (Å²) in [4.78, 5) is 35.4. The van der Waals surface area contributed by atoms with E-state index in [1.807, 2.05) is 16.3 Å². The van der Waals surface area contributed by atoms with E-state index in [0.717, 1.165) is 43.8 Å². The normalized spacial score (nSPS) is 19.2. The van der Waals surface area contributed by atoms with Gasteiger partial charge in [-0.05, 0) is 43.7 Å². The standard InChI is InChI=1S/C19H22N4O2S/c24-17(15-3-1-2-8-20-15)22-16(18-21-9-12-26-18)13-6-10-23(11-7-13)19(25)14-4-5-14/h1-3,8-9,12-14,16H,4-7,10-11H2,(H,22,24)/t16-/m1/s1. The lowest BCUT2D eigenvalue weighted by atomic mass is 9.89. The van der Waals surface area contributed by atoms with Crippen LogP contribution in [0.4, 0.5) is 0 Å². The third-order valence-corrected chi connectivity index (χ3v) is 6.01. The summed E-state index contributed by atoms with van der Waals surface area (Å²) >= 11 is 1.56. The molecule has 1 aliphatic heterocycles. The molecule has 0 aromatic carbocycles. The van der Waals surface area contributed by atoms with E-state index >= 15 is 0 Å². The van der Waals surface area contributed by atoms with Gasteiger partial charge in [-0.15, -0.1) is 11.3 Å². The van der Waals surface area contributed by atoms with Crippen molar-refractivity contribution in [1.82, 2.24) is 20.2 Å². The fourth-order valence-electron chi connectivity index (χ4n) is 3.52. The molecule has 1 saturated carbocycles. The van der Waals surface area contributed by atoms with Crippen LogP contribution in [-0.2, 0) is 4.79 Å². The molecule has 26 heavy (non-hydrogen) atoms.